The van der Waals surface area contributed by atoms with Crippen molar-refractivity contribution in [3.05, 3.63) is 59.0 Å². The number of carbonyl (C=O) groups is 1. The zero-order valence-electron chi connectivity index (χ0n) is 15.8. The van der Waals surface area contributed by atoms with E-state index in [9.17, 15) is 4.79 Å². The van der Waals surface area contributed by atoms with E-state index in [1.54, 1.807) is 10.7 Å². The Hall–Kier alpha value is -2.73. The van der Waals surface area contributed by atoms with Gasteiger partial charge in [-0.3, -0.25) is 9.69 Å². The highest BCUT2D eigenvalue weighted by atomic mass is 16.1. The first-order valence-corrected chi connectivity index (χ1v) is 8.95. The van der Waals surface area contributed by atoms with E-state index in [2.05, 4.69) is 34.1 Å². The van der Waals surface area contributed by atoms with Crippen molar-refractivity contribution in [3.63, 3.8) is 0 Å². The number of amides is 1. The summed E-state index contributed by atoms with van der Waals surface area (Å²) in [5.74, 6) is -0.193. The molecule has 1 amide bonds. The third-order valence-corrected chi connectivity index (χ3v) is 4.67. The maximum Gasteiger partial charge on any atom is 0.261 e. The van der Waals surface area contributed by atoms with Crippen molar-refractivity contribution in [2.75, 3.05) is 18.4 Å². The lowest BCUT2D eigenvalue weighted by Gasteiger charge is -2.17. The van der Waals surface area contributed by atoms with Crippen molar-refractivity contribution in [2.24, 2.45) is 0 Å². The van der Waals surface area contributed by atoms with Gasteiger partial charge < -0.3 is 5.32 Å². The monoisotopic (exact) mass is 351 g/mol. The van der Waals surface area contributed by atoms with Crippen LogP contribution in [-0.4, -0.2) is 38.5 Å². The van der Waals surface area contributed by atoms with Crippen LogP contribution < -0.4 is 5.32 Å². The second kappa shape index (κ2) is 7.66. The summed E-state index contributed by atoms with van der Waals surface area (Å²) < 4.78 is 1.68. The third kappa shape index (κ3) is 3.60. The molecule has 6 heteroatoms. The minimum absolute atomic E-state index is 0.193. The van der Waals surface area contributed by atoms with Crippen LogP contribution in [0.4, 0.5) is 5.69 Å². The number of benzene rings is 1. The third-order valence-electron chi connectivity index (χ3n) is 4.67. The Bertz CT molecular complexity index is 907. The van der Waals surface area contributed by atoms with Gasteiger partial charge in [0.05, 0.1) is 6.20 Å². The lowest BCUT2D eigenvalue weighted by Crippen LogP contribution is -2.22. The van der Waals surface area contributed by atoms with Crippen LogP contribution >= 0.6 is 0 Å². The number of rotatable bonds is 6. The topological polar surface area (TPSA) is 62.5 Å². The van der Waals surface area contributed by atoms with E-state index >= 15 is 0 Å². The standard InChI is InChI=1S/C20H25N5O/c1-5-24(6-2)12-16-10-21-19-17(11-22-25(19)13-16)20(26)23-18-14(3)8-7-9-15(18)4/h7-11,13H,5-6,12H2,1-4H3,(H,23,26). The maximum atomic E-state index is 12.7. The molecule has 0 saturated carbocycles. The second-order valence-corrected chi connectivity index (χ2v) is 6.47. The lowest BCUT2D eigenvalue weighted by molar-refractivity contribution is 0.102. The van der Waals surface area contributed by atoms with Gasteiger partial charge in [0.25, 0.3) is 5.91 Å². The van der Waals surface area contributed by atoms with Gasteiger partial charge in [-0.05, 0) is 38.1 Å². The zero-order valence-corrected chi connectivity index (χ0v) is 15.8. The number of carbonyl (C=O) groups excluding carboxylic acids is 1. The number of fused-ring (bicyclic) bond motifs is 1. The molecule has 0 aliphatic carbocycles. The van der Waals surface area contributed by atoms with Gasteiger partial charge in [0.1, 0.15) is 5.56 Å². The Morgan fingerprint density at radius 1 is 1.15 bits per heavy atom. The molecule has 0 spiro atoms. The summed E-state index contributed by atoms with van der Waals surface area (Å²) in [5.41, 5.74) is 5.02. The second-order valence-electron chi connectivity index (χ2n) is 6.47. The smallest absolute Gasteiger partial charge is 0.261 e. The van der Waals surface area contributed by atoms with Crippen molar-refractivity contribution >= 4 is 17.2 Å². The molecule has 0 fully saturated rings. The Morgan fingerprint density at radius 2 is 1.85 bits per heavy atom. The molecule has 136 valence electrons. The van der Waals surface area contributed by atoms with E-state index in [-0.39, 0.29) is 5.91 Å². The number of nitrogens with one attached hydrogen (secondary N) is 1. The molecule has 6 nitrogen and oxygen atoms in total. The summed E-state index contributed by atoms with van der Waals surface area (Å²) in [6.45, 7) is 11.0. The fraction of sp³-hybridized carbons (Fsp3) is 0.350. The van der Waals surface area contributed by atoms with E-state index in [1.807, 2.05) is 44.4 Å². The number of anilines is 1. The SMILES string of the molecule is CCN(CC)Cc1cnc2c(C(=O)Nc3c(C)cccc3C)cnn2c1. The van der Waals surface area contributed by atoms with Crippen LogP contribution in [0.15, 0.2) is 36.8 Å². The molecule has 0 radical (unpaired) electrons. The van der Waals surface area contributed by atoms with Gasteiger partial charge in [-0.25, -0.2) is 9.50 Å². The molecule has 26 heavy (non-hydrogen) atoms. The van der Waals surface area contributed by atoms with Crippen molar-refractivity contribution in [3.8, 4) is 0 Å². The average Bonchev–Trinajstić information content (AvgIpc) is 3.06. The summed E-state index contributed by atoms with van der Waals surface area (Å²) in [5, 5.41) is 7.32. The molecule has 0 aliphatic heterocycles. The van der Waals surface area contributed by atoms with E-state index in [1.165, 1.54) is 0 Å². The molecule has 2 heterocycles. The number of hydrogen-bond acceptors (Lipinski definition) is 4. The van der Waals surface area contributed by atoms with Crippen molar-refractivity contribution in [1.82, 2.24) is 19.5 Å². The number of para-hydroxylation sites is 1. The van der Waals surface area contributed by atoms with Crippen LogP contribution in [0.25, 0.3) is 5.65 Å². The van der Waals surface area contributed by atoms with Crippen LogP contribution in [-0.2, 0) is 6.54 Å². The number of nitrogens with zero attached hydrogens (tertiary/aromatic N) is 4. The normalized spacial score (nSPS) is 11.3. The van der Waals surface area contributed by atoms with Crippen LogP contribution in [0.2, 0.25) is 0 Å². The van der Waals surface area contributed by atoms with E-state index < -0.39 is 0 Å². The summed E-state index contributed by atoms with van der Waals surface area (Å²) in [6.07, 6.45) is 5.34. The van der Waals surface area contributed by atoms with Crippen LogP contribution in [0, 0.1) is 13.8 Å². The molecule has 0 saturated heterocycles. The first-order valence-electron chi connectivity index (χ1n) is 8.95. The molecule has 0 bridgehead atoms. The highest BCUT2D eigenvalue weighted by Crippen LogP contribution is 2.21. The van der Waals surface area contributed by atoms with Crippen molar-refractivity contribution in [1.29, 1.82) is 0 Å². The van der Waals surface area contributed by atoms with Gasteiger partial charge in [0.15, 0.2) is 5.65 Å². The fourth-order valence-corrected chi connectivity index (χ4v) is 3.05. The molecule has 3 rings (SSSR count). The predicted octanol–water partition coefficient (Wildman–Crippen LogP) is 3.44. The summed E-state index contributed by atoms with van der Waals surface area (Å²) in [6, 6.07) is 5.95. The fourth-order valence-electron chi connectivity index (χ4n) is 3.05. The van der Waals surface area contributed by atoms with E-state index in [0.29, 0.717) is 11.2 Å². The number of aromatic nitrogens is 3. The van der Waals surface area contributed by atoms with Gasteiger partial charge in [-0.2, -0.15) is 5.10 Å². The lowest BCUT2D eigenvalue weighted by atomic mass is 10.1. The molecule has 1 N–H and O–H groups in total. The molecule has 3 aromatic rings. The first kappa shape index (κ1) is 18.1. The number of aryl methyl sites for hydroxylation is 2. The summed E-state index contributed by atoms with van der Waals surface area (Å²) in [4.78, 5) is 19.5. The molecule has 0 aliphatic rings. The van der Waals surface area contributed by atoms with E-state index in [0.717, 1.165) is 42.0 Å². The molecule has 0 unspecified atom stereocenters. The van der Waals surface area contributed by atoms with Crippen LogP contribution in [0.3, 0.4) is 0 Å². The minimum Gasteiger partial charge on any atom is -0.321 e. The molecular formula is C20H25N5O. The molecule has 1 aromatic carbocycles. The molecular weight excluding hydrogens is 326 g/mol. The maximum absolute atomic E-state index is 12.7. The van der Waals surface area contributed by atoms with Crippen molar-refractivity contribution < 1.29 is 4.79 Å². The first-order chi connectivity index (χ1) is 12.5. The molecule has 2 aromatic heterocycles. The number of hydrogen-bond donors (Lipinski definition) is 1. The zero-order chi connectivity index (χ0) is 18.7. The average molecular weight is 351 g/mol. The Kier molecular flexibility index (Phi) is 5.32. The van der Waals surface area contributed by atoms with Crippen molar-refractivity contribution in [2.45, 2.75) is 34.2 Å². The van der Waals surface area contributed by atoms with Gasteiger partial charge in [0.2, 0.25) is 0 Å². The summed E-state index contributed by atoms with van der Waals surface area (Å²) >= 11 is 0. The van der Waals surface area contributed by atoms with Gasteiger partial charge >= 0.3 is 0 Å². The van der Waals surface area contributed by atoms with Gasteiger partial charge in [-0.1, -0.05) is 32.0 Å². The van der Waals surface area contributed by atoms with Gasteiger partial charge in [0, 0.05) is 30.2 Å². The van der Waals surface area contributed by atoms with Crippen LogP contribution in [0.5, 0.6) is 0 Å². The minimum atomic E-state index is -0.193. The summed E-state index contributed by atoms with van der Waals surface area (Å²) in [7, 11) is 0. The van der Waals surface area contributed by atoms with Crippen LogP contribution in [0.1, 0.15) is 40.9 Å². The quantitative estimate of drug-likeness (QED) is 0.739. The predicted molar refractivity (Wildman–Crippen MR) is 103 cm³/mol. The largest absolute Gasteiger partial charge is 0.321 e. The Labute approximate surface area is 153 Å². The van der Waals surface area contributed by atoms with Gasteiger partial charge in [-0.15, -0.1) is 0 Å². The highest BCUT2D eigenvalue weighted by molar-refractivity contribution is 6.08. The highest BCUT2D eigenvalue weighted by Gasteiger charge is 2.16. The van der Waals surface area contributed by atoms with E-state index in [4.69, 9.17) is 0 Å². The Morgan fingerprint density at radius 3 is 2.50 bits per heavy atom. The molecule has 0 atom stereocenters. The Balaban J connectivity index is 1.85.